The van der Waals surface area contributed by atoms with E-state index < -0.39 is 78.1 Å². The Balaban J connectivity index is 1.39. The molecule has 0 saturated carbocycles. The van der Waals surface area contributed by atoms with Crippen LogP contribution in [0.3, 0.4) is 0 Å². The van der Waals surface area contributed by atoms with Crippen molar-refractivity contribution in [2.45, 2.75) is 134 Å². The number of amides is 2. The number of hydrogen-bond acceptors (Lipinski definition) is 13. The van der Waals surface area contributed by atoms with Gasteiger partial charge in [0.2, 0.25) is 11.8 Å². The lowest BCUT2D eigenvalue weighted by Crippen LogP contribution is -2.61. The van der Waals surface area contributed by atoms with Gasteiger partial charge >= 0.3 is 11.9 Å². The van der Waals surface area contributed by atoms with Crippen molar-refractivity contribution in [2.75, 3.05) is 41.3 Å². The van der Waals surface area contributed by atoms with Crippen molar-refractivity contribution in [2.24, 2.45) is 17.8 Å². The highest BCUT2D eigenvalue weighted by atomic mass is 16.7. The molecule has 3 fully saturated rings. The van der Waals surface area contributed by atoms with Crippen molar-refractivity contribution in [3.8, 4) is 0 Å². The summed E-state index contributed by atoms with van der Waals surface area (Å²) in [5.41, 5.74) is -1.54. The number of hydrogen-bond donors (Lipinski definition) is 4. The number of fused-ring (bicyclic) bond motifs is 3. The fourth-order valence-electron chi connectivity index (χ4n) is 9.41. The monoisotopic (exact) mass is 829 g/mol. The average molecular weight is 830 g/mol. The number of aromatic amines is 2. The van der Waals surface area contributed by atoms with E-state index >= 15 is 0 Å². The molecule has 0 unspecified atom stereocenters. The summed E-state index contributed by atoms with van der Waals surface area (Å²) in [5, 5.41) is 15.6. The van der Waals surface area contributed by atoms with E-state index in [2.05, 4.69) is 15.3 Å². The second-order valence-electron chi connectivity index (χ2n) is 17.7. The van der Waals surface area contributed by atoms with E-state index in [9.17, 15) is 24.3 Å². The smallest absolute Gasteiger partial charge is 0.355 e. The highest BCUT2D eigenvalue weighted by molar-refractivity contribution is 5.90. The standard InChI is InChI=1S/C42H63N5O12/c1-22-19-41(5,52)35(59-40-34(28(46(7)8)18-23(2)54-40)57-38(50)27-12-11-15-43-27)24(3)32(25(4)37(49)45-17-14-29(48)47(9)21-22)55-30-20-42(6,53-10)36-33(56-30)26-13-16-44-31(26)39(51)58-36/h11-13,15-16,22-25,28,30,32-36,40,43-44,52H,14,17-21H2,1-10H3,(H,45,49)/t22-,23-,24+,25-,28+,30-,32+,33+,34-,35-,36+,40+,41-,42-/m1/s1. The molecule has 0 aromatic carbocycles. The van der Waals surface area contributed by atoms with Gasteiger partial charge in [-0.2, -0.15) is 0 Å². The quantitative estimate of drug-likeness (QED) is 0.283. The van der Waals surface area contributed by atoms with Crippen molar-refractivity contribution in [3.05, 3.63) is 47.5 Å². The number of nitrogens with one attached hydrogen (secondary N) is 3. The van der Waals surface area contributed by atoms with Crippen LogP contribution in [-0.4, -0.2) is 150 Å². The molecule has 4 aliphatic heterocycles. The molecule has 3 saturated heterocycles. The third kappa shape index (κ3) is 9.56. The van der Waals surface area contributed by atoms with Crippen LogP contribution in [0.1, 0.15) is 99.9 Å². The van der Waals surface area contributed by atoms with E-state index in [-0.39, 0.29) is 67.1 Å². The van der Waals surface area contributed by atoms with Crippen LogP contribution in [0.5, 0.6) is 0 Å². The number of esters is 2. The van der Waals surface area contributed by atoms with Crippen molar-refractivity contribution < 1.29 is 57.4 Å². The molecule has 4 aliphatic rings. The van der Waals surface area contributed by atoms with Crippen LogP contribution in [0.15, 0.2) is 30.6 Å². The number of aromatic nitrogens is 2. The van der Waals surface area contributed by atoms with Crippen LogP contribution >= 0.6 is 0 Å². The Kier molecular flexibility index (Phi) is 13.7. The van der Waals surface area contributed by atoms with Crippen molar-refractivity contribution in [3.63, 3.8) is 0 Å². The molecule has 0 aliphatic carbocycles. The Bertz CT molecular complexity index is 1780. The van der Waals surface area contributed by atoms with Crippen LogP contribution in [0.2, 0.25) is 0 Å². The van der Waals surface area contributed by atoms with Crippen LogP contribution in [-0.2, 0) is 42.7 Å². The number of carbonyl (C=O) groups excluding carboxylic acids is 4. The molecule has 6 heterocycles. The molecule has 0 radical (unpaired) electrons. The van der Waals surface area contributed by atoms with Gasteiger partial charge in [-0.3, -0.25) is 9.59 Å². The Morgan fingerprint density at radius 2 is 1.75 bits per heavy atom. The summed E-state index contributed by atoms with van der Waals surface area (Å²) in [6.45, 7) is 11.4. The van der Waals surface area contributed by atoms with Gasteiger partial charge in [-0.1, -0.05) is 20.8 Å². The summed E-state index contributed by atoms with van der Waals surface area (Å²) in [7, 11) is 7.03. The highest BCUT2D eigenvalue weighted by Gasteiger charge is 2.56. The van der Waals surface area contributed by atoms with Gasteiger partial charge < -0.3 is 63.3 Å². The first-order valence-electron chi connectivity index (χ1n) is 20.6. The van der Waals surface area contributed by atoms with Gasteiger partial charge in [0, 0.05) is 64.0 Å². The van der Waals surface area contributed by atoms with E-state index in [1.807, 2.05) is 46.7 Å². The number of aliphatic hydroxyl groups is 1. The van der Waals surface area contributed by atoms with Gasteiger partial charge in [0.1, 0.15) is 23.1 Å². The molecule has 17 heteroatoms. The first kappa shape index (κ1) is 44.7. The molecule has 2 aromatic rings. The van der Waals surface area contributed by atoms with Crippen molar-refractivity contribution in [1.29, 1.82) is 0 Å². The number of rotatable bonds is 8. The summed E-state index contributed by atoms with van der Waals surface area (Å²) in [4.78, 5) is 63.1. The average Bonchev–Trinajstić information content (AvgIpc) is 3.90. The third-order valence-electron chi connectivity index (χ3n) is 12.6. The first-order chi connectivity index (χ1) is 27.8. The maximum Gasteiger partial charge on any atom is 0.355 e. The van der Waals surface area contributed by atoms with Gasteiger partial charge in [0.15, 0.2) is 24.8 Å². The predicted octanol–water partition coefficient (Wildman–Crippen LogP) is 3.16. The summed E-state index contributed by atoms with van der Waals surface area (Å²) in [5.74, 6) is -3.45. The number of carbonyl (C=O) groups is 4. The van der Waals surface area contributed by atoms with Crippen LogP contribution in [0.4, 0.5) is 0 Å². The molecular weight excluding hydrogens is 766 g/mol. The van der Waals surface area contributed by atoms with E-state index in [4.69, 9.17) is 33.2 Å². The minimum absolute atomic E-state index is 0.0937. The van der Waals surface area contributed by atoms with E-state index in [0.29, 0.717) is 18.5 Å². The minimum atomic E-state index is -1.62. The third-order valence-corrected chi connectivity index (χ3v) is 12.6. The van der Waals surface area contributed by atoms with Gasteiger partial charge in [-0.15, -0.1) is 0 Å². The lowest BCUT2D eigenvalue weighted by molar-refractivity contribution is -0.320. The molecule has 0 bridgehead atoms. The van der Waals surface area contributed by atoms with Gasteiger partial charge in [0.25, 0.3) is 0 Å². The van der Waals surface area contributed by atoms with Gasteiger partial charge in [-0.05, 0) is 71.8 Å². The maximum absolute atomic E-state index is 14.1. The highest BCUT2D eigenvalue weighted by Crippen LogP contribution is 2.47. The minimum Gasteiger partial charge on any atom is -0.451 e. The van der Waals surface area contributed by atoms with E-state index in [1.165, 1.54) is 7.11 Å². The fourth-order valence-corrected chi connectivity index (χ4v) is 9.41. The number of nitrogens with zero attached hydrogens (tertiary/aromatic N) is 2. The van der Waals surface area contributed by atoms with E-state index in [1.54, 1.807) is 56.4 Å². The van der Waals surface area contributed by atoms with Crippen LogP contribution in [0.25, 0.3) is 0 Å². The van der Waals surface area contributed by atoms with Gasteiger partial charge in [0.05, 0.1) is 35.9 Å². The second kappa shape index (κ2) is 18.0. The molecular formula is C42H63N5O12. The normalized spacial score (nSPS) is 38.8. The molecule has 2 amide bonds. The van der Waals surface area contributed by atoms with Crippen LogP contribution < -0.4 is 5.32 Å². The predicted molar refractivity (Wildman–Crippen MR) is 212 cm³/mol. The topological polar surface area (TPSA) is 203 Å². The Hall–Kier alpha value is -3.84. The zero-order chi connectivity index (χ0) is 43.0. The molecule has 14 atom stereocenters. The van der Waals surface area contributed by atoms with Gasteiger partial charge in [-0.25, -0.2) is 9.59 Å². The summed E-state index contributed by atoms with van der Waals surface area (Å²) < 4.78 is 45.1. The Labute approximate surface area is 346 Å². The summed E-state index contributed by atoms with van der Waals surface area (Å²) in [6, 6.07) is 4.76. The molecule has 4 N–H and O–H groups in total. The van der Waals surface area contributed by atoms with Crippen molar-refractivity contribution >= 4 is 23.8 Å². The maximum atomic E-state index is 14.1. The van der Waals surface area contributed by atoms with Crippen molar-refractivity contribution in [1.82, 2.24) is 25.1 Å². The SMILES string of the molecule is CO[C@]1(C)C[C@H](O[C@H]2[C@H](C)[C@@H](O[C@@H]3O[C@H](C)C[C@H](N(C)C)[C@H]3OC(=O)c3ccc[nH]3)[C@](C)(O)C[C@@H](C)CN(C)C(=O)CCNC(=O)[C@@H]2C)O[C@H]2c3cc[nH]c3C(=O)O[C@@H]21. The Morgan fingerprint density at radius 1 is 1.00 bits per heavy atom. The Morgan fingerprint density at radius 3 is 2.42 bits per heavy atom. The molecule has 59 heavy (non-hydrogen) atoms. The molecule has 17 nitrogen and oxygen atoms in total. The number of methoxy groups -OCH3 is 1. The summed E-state index contributed by atoms with van der Waals surface area (Å²) in [6.07, 6.45) is -2.81. The first-order valence-corrected chi connectivity index (χ1v) is 20.6. The van der Waals surface area contributed by atoms with E-state index in [0.717, 1.165) is 0 Å². The number of ether oxygens (including phenoxy) is 7. The second-order valence-corrected chi connectivity index (χ2v) is 17.7. The number of likely N-dealkylation sites (N-methyl/N-ethyl adjacent to an activating group) is 1. The molecule has 328 valence electrons. The zero-order valence-electron chi connectivity index (χ0n) is 35.9. The lowest BCUT2D eigenvalue weighted by atomic mass is 9.77. The fraction of sp³-hybridized carbons (Fsp3) is 0.714. The largest absolute Gasteiger partial charge is 0.451 e. The lowest BCUT2D eigenvalue weighted by Gasteiger charge is -2.50. The molecule has 2 aromatic heterocycles. The number of H-pyrrole nitrogens is 2. The summed E-state index contributed by atoms with van der Waals surface area (Å²) >= 11 is 0. The molecule has 6 rings (SSSR count). The van der Waals surface area contributed by atoms with Crippen LogP contribution in [0, 0.1) is 17.8 Å². The zero-order valence-corrected chi connectivity index (χ0v) is 35.9. The molecule has 0 spiro atoms.